The zero-order valence-electron chi connectivity index (χ0n) is 9.39. The van der Waals surface area contributed by atoms with Crippen LogP contribution in [0.25, 0.3) is 5.65 Å². The Morgan fingerprint density at radius 3 is 2.94 bits per heavy atom. The number of nitrogens with zero attached hydrogens (tertiary/aromatic N) is 5. The molecule has 0 aliphatic rings. The van der Waals surface area contributed by atoms with Gasteiger partial charge in [-0.25, -0.2) is 4.98 Å². The summed E-state index contributed by atoms with van der Waals surface area (Å²) < 4.78 is 1.90. The van der Waals surface area contributed by atoms with Crippen molar-refractivity contribution in [2.45, 2.75) is 16.7 Å². The Morgan fingerprint density at radius 2 is 2.06 bits per heavy atom. The summed E-state index contributed by atoms with van der Waals surface area (Å²) >= 11 is 1.41. The zero-order chi connectivity index (χ0) is 12.4. The Bertz CT molecular complexity index is 680. The molecular formula is C11H10N6S. The average Bonchev–Trinajstić information content (AvgIpc) is 2.83. The van der Waals surface area contributed by atoms with Crippen molar-refractivity contribution in [1.29, 1.82) is 0 Å². The van der Waals surface area contributed by atoms with Gasteiger partial charge in [0.25, 0.3) is 0 Å². The van der Waals surface area contributed by atoms with Gasteiger partial charge in [0.15, 0.2) is 5.65 Å². The van der Waals surface area contributed by atoms with E-state index in [9.17, 15) is 0 Å². The summed E-state index contributed by atoms with van der Waals surface area (Å²) in [7, 11) is 0. The Kier molecular flexibility index (Phi) is 2.91. The Hall–Kier alpha value is -1.99. The second-order valence-electron chi connectivity index (χ2n) is 3.53. The molecule has 0 unspecified atom stereocenters. The summed E-state index contributed by atoms with van der Waals surface area (Å²) in [5.41, 5.74) is 7.20. The van der Waals surface area contributed by atoms with Gasteiger partial charge >= 0.3 is 0 Å². The van der Waals surface area contributed by atoms with Crippen LogP contribution in [0.5, 0.6) is 0 Å². The van der Waals surface area contributed by atoms with E-state index in [1.54, 1.807) is 12.4 Å². The first-order valence-corrected chi connectivity index (χ1v) is 6.17. The molecule has 0 aliphatic heterocycles. The van der Waals surface area contributed by atoms with E-state index >= 15 is 0 Å². The number of fused-ring (bicyclic) bond motifs is 1. The predicted molar refractivity (Wildman–Crippen MR) is 67.0 cm³/mol. The van der Waals surface area contributed by atoms with Crippen LogP contribution in [0.2, 0.25) is 0 Å². The first kappa shape index (κ1) is 11.1. The van der Waals surface area contributed by atoms with Crippen molar-refractivity contribution in [3.8, 4) is 0 Å². The fraction of sp³-hybridized carbons (Fsp3) is 0.0909. The Morgan fingerprint density at radius 1 is 1.17 bits per heavy atom. The molecule has 0 saturated heterocycles. The minimum absolute atomic E-state index is 0.354. The molecule has 0 radical (unpaired) electrons. The van der Waals surface area contributed by atoms with Crippen molar-refractivity contribution >= 4 is 17.4 Å². The summed E-state index contributed by atoms with van der Waals surface area (Å²) in [5, 5.41) is 9.73. The molecule has 0 atom stereocenters. The van der Waals surface area contributed by atoms with Crippen molar-refractivity contribution in [3.05, 3.63) is 42.5 Å². The van der Waals surface area contributed by atoms with Crippen molar-refractivity contribution < 1.29 is 0 Å². The van der Waals surface area contributed by atoms with Gasteiger partial charge in [-0.3, -0.25) is 9.38 Å². The van der Waals surface area contributed by atoms with Gasteiger partial charge in [0, 0.05) is 25.1 Å². The smallest absolute Gasteiger partial charge is 0.201 e. The third-order valence-corrected chi connectivity index (χ3v) is 3.39. The fourth-order valence-corrected chi connectivity index (χ4v) is 2.43. The van der Waals surface area contributed by atoms with Gasteiger partial charge in [0.1, 0.15) is 5.03 Å². The number of rotatable bonds is 3. The molecule has 90 valence electrons. The van der Waals surface area contributed by atoms with Crippen molar-refractivity contribution in [3.63, 3.8) is 0 Å². The van der Waals surface area contributed by atoms with Gasteiger partial charge in [-0.1, -0.05) is 6.07 Å². The third kappa shape index (κ3) is 1.93. The van der Waals surface area contributed by atoms with Crippen molar-refractivity contribution in [2.75, 3.05) is 0 Å². The third-order valence-electron chi connectivity index (χ3n) is 2.40. The van der Waals surface area contributed by atoms with Gasteiger partial charge < -0.3 is 5.73 Å². The van der Waals surface area contributed by atoms with Gasteiger partial charge in [-0.05, 0) is 23.9 Å². The molecule has 0 saturated carbocycles. The van der Waals surface area contributed by atoms with Gasteiger partial charge in [-0.2, -0.15) is 0 Å². The van der Waals surface area contributed by atoms with Gasteiger partial charge in [0.05, 0.1) is 5.69 Å². The van der Waals surface area contributed by atoms with E-state index < -0.39 is 0 Å². The number of hydrogen-bond donors (Lipinski definition) is 1. The first-order valence-electron chi connectivity index (χ1n) is 5.36. The summed E-state index contributed by atoms with van der Waals surface area (Å²) in [6.07, 6.45) is 5.19. The molecule has 0 amide bonds. The highest BCUT2D eigenvalue weighted by molar-refractivity contribution is 7.99. The zero-order valence-corrected chi connectivity index (χ0v) is 10.2. The highest BCUT2D eigenvalue weighted by Gasteiger charge is 2.10. The molecule has 18 heavy (non-hydrogen) atoms. The van der Waals surface area contributed by atoms with Crippen molar-refractivity contribution in [2.24, 2.45) is 5.73 Å². The van der Waals surface area contributed by atoms with Crippen LogP contribution in [0.15, 0.2) is 47.0 Å². The molecule has 7 heteroatoms. The lowest BCUT2D eigenvalue weighted by Gasteiger charge is -2.03. The van der Waals surface area contributed by atoms with Crippen LogP contribution in [0.4, 0.5) is 0 Å². The molecule has 0 spiro atoms. The number of nitrogens with two attached hydrogens (primary N) is 1. The SMILES string of the molecule is NCc1nccnc1Sc1nnc2ccccn12. The molecule has 3 aromatic rings. The minimum atomic E-state index is 0.354. The van der Waals surface area contributed by atoms with E-state index in [0.29, 0.717) is 6.54 Å². The predicted octanol–water partition coefficient (Wildman–Crippen LogP) is 1.13. The Labute approximate surface area is 107 Å². The van der Waals surface area contributed by atoms with E-state index in [-0.39, 0.29) is 0 Å². The normalized spacial score (nSPS) is 10.9. The van der Waals surface area contributed by atoms with Crippen LogP contribution in [0.1, 0.15) is 5.69 Å². The van der Waals surface area contributed by atoms with Crippen LogP contribution >= 0.6 is 11.8 Å². The fourth-order valence-electron chi connectivity index (χ4n) is 1.55. The van der Waals surface area contributed by atoms with Gasteiger partial charge in [0.2, 0.25) is 5.16 Å². The Balaban J connectivity index is 2.01. The highest BCUT2D eigenvalue weighted by Crippen LogP contribution is 2.26. The molecule has 0 aliphatic carbocycles. The standard InChI is InChI=1S/C11H10N6S/c12-7-8-10(14-5-4-13-8)18-11-16-15-9-3-1-2-6-17(9)11/h1-6H,7,12H2. The lowest BCUT2D eigenvalue weighted by atomic mass is 10.5. The molecule has 0 bridgehead atoms. The minimum Gasteiger partial charge on any atom is -0.325 e. The maximum atomic E-state index is 5.63. The van der Waals surface area contributed by atoms with E-state index in [2.05, 4.69) is 20.2 Å². The van der Waals surface area contributed by atoms with E-state index in [1.165, 1.54) is 11.8 Å². The monoisotopic (exact) mass is 258 g/mol. The second-order valence-corrected chi connectivity index (χ2v) is 4.48. The summed E-state index contributed by atoms with van der Waals surface area (Å²) in [5.74, 6) is 0. The van der Waals surface area contributed by atoms with E-state index in [4.69, 9.17) is 5.73 Å². The lowest BCUT2D eigenvalue weighted by molar-refractivity contribution is 0.871. The quantitative estimate of drug-likeness (QED) is 0.758. The molecule has 3 aromatic heterocycles. The van der Waals surface area contributed by atoms with Crippen LogP contribution in [0, 0.1) is 0 Å². The van der Waals surface area contributed by atoms with Crippen LogP contribution in [-0.4, -0.2) is 24.6 Å². The van der Waals surface area contributed by atoms with E-state index in [0.717, 1.165) is 21.5 Å². The largest absolute Gasteiger partial charge is 0.325 e. The molecular weight excluding hydrogens is 248 g/mol. The van der Waals surface area contributed by atoms with Crippen LogP contribution in [-0.2, 0) is 6.54 Å². The molecule has 2 N–H and O–H groups in total. The maximum Gasteiger partial charge on any atom is 0.201 e. The van der Waals surface area contributed by atoms with Crippen LogP contribution in [0.3, 0.4) is 0 Å². The molecule has 0 fully saturated rings. The molecule has 3 heterocycles. The topological polar surface area (TPSA) is 82.0 Å². The second kappa shape index (κ2) is 4.71. The molecule has 3 rings (SSSR count). The summed E-state index contributed by atoms with van der Waals surface area (Å²) in [4.78, 5) is 8.46. The molecule has 6 nitrogen and oxygen atoms in total. The number of pyridine rings is 1. The van der Waals surface area contributed by atoms with Crippen LogP contribution < -0.4 is 5.73 Å². The summed E-state index contributed by atoms with van der Waals surface area (Å²) in [6, 6.07) is 5.75. The highest BCUT2D eigenvalue weighted by atomic mass is 32.2. The first-order chi connectivity index (χ1) is 8.88. The molecule has 0 aromatic carbocycles. The number of aromatic nitrogens is 5. The lowest BCUT2D eigenvalue weighted by Crippen LogP contribution is -2.03. The van der Waals surface area contributed by atoms with Gasteiger partial charge in [-0.15, -0.1) is 10.2 Å². The maximum absolute atomic E-state index is 5.63. The van der Waals surface area contributed by atoms with E-state index in [1.807, 2.05) is 28.8 Å². The summed E-state index contributed by atoms with van der Waals surface area (Å²) in [6.45, 7) is 0.354. The average molecular weight is 258 g/mol. The number of hydrogen-bond acceptors (Lipinski definition) is 6. The van der Waals surface area contributed by atoms with Crippen molar-refractivity contribution in [1.82, 2.24) is 24.6 Å².